The molecule has 0 amide bonds. The maximum absolute atomic E-state index is 4.67. The summed E-state index contributed by atoms with van der Waals surface area (Å²) in [6.07, 6.45) is 1.89. The van der Waals surface area contributed by atoms with Crippen LogP contribution in [0.4, 0.5) is 0 Å². The van der Waals surface area contributed by atoms with Crippen LogP contribution in [-0.4, -0.2) is 9.55 Å². The second-order valence-corrected chi connectivity index (χ2v) is 9.26. The molecule has 0 saturated carbocycles. The van der Waals surface area contributed by atoms with Crippen LogP contribution in [-0.2, 0) is 7.05 Å². The van der Waals surface area contributed by atoms with Crippen molar-refractivity contribution in [2.24, 2.45) is 7.05 Å². The Kier molecular flexibility index (Phi) is 5.46. The average molecular weight is 467 g/mol. The van der Waals surface area contributed by atoms with Crippen LogP contribution in [0.1, 0.15) is 11.3 Å². The van der Waals surface area contributed by atoms with Crippen molar-refractivity contribution in [1.29, 1.82) is 0 Å². The van der Waals surface area contributed by atoms with Crippen LogP contribution in [0.5, 0.6) is 0 Å². The van der Waals surface area contributed by atoms with Crippen molar-refractivity contribution in [2.75, 3.05) is 0 Å². The minimum absolute atomic E-state index is 1.02. The zero-order valence-electron chi connectivity index (χ0n) is 20.8. The van der Waals surface area contributed by atoms with Crippen molar-refractivity contribution in [3.8, 4) is 39.3 Å². The summed E-state index contributed by atoms with van der Waals surface area (Å²) in [6.45, 7) is 4.27. The van der Waals surface area contributed by atoms with Gasteiger partial charge < -0.3 is 0 Å². The molecule has 6 rings (SSSR count). The molecule has 0 unspecified atom stereocenters. The number of benzene rings is 4. The summed E-state index contributed by atoms with van der Waals surface area (Å²) in [7, 11) is 2.15. The van der Waals surface area contributed by atoms with Gasteiger partial charge in [-0.15, -0.1) is 0 Å². The largest absolute Gasteiger partial charge is 0.297 e. The zero-order chi connectivity index (χ0) is 24.6. The first-order valence-electron chi connectivity index (χ1n) is 12.3. The summed E-state index contributed by atoms with van der Waals surface area (Å²) in [5, 5.41) is 0. The van der Waals surface area contributed by atoms with Gasteiger partial charge >= 0.3 is 0 Å². The average Bonchev–Trinajstić information content (AvgIpc) is 3.21. The number of pyridine rings is 1. The fourth-order valence-corrected chi connectivity index (χ4v) is 5.26. The lowest BCUT2D eigenvalue weighted by Gasteiger charge is -2.14. The van der Waals surface area contributed by atoms with Crippen LogP contribution in [0.2, 0.25) is 0 Å². The van der Waals surface area contributed by atoms with Crippen LogP contribution in [0.25, 0.3) is 50.4 Å². The Morgan fingerprint density at radius 2 is 1.33 bits per heavy atom. The molecule has 2 heterocycles. The van der Waals surface area contributed by atoms with E-state index >= 15 is 0 Å². The van der Waals surface area contributed by atoms with Crippen molar-refractivity contribution in [2.45, 2.75) is 13.8 Å². The Morgan fingerprint density at radius 1 is 0.667 bits per heavy atom. The van der Waals surface area contributed by atoms with Gasteiger partial charge in [-0.05, 0) is 66.4 Å². The lowest BCUT2D eigenvalue weighted by molar-refractivity contribution is -0.633. The van der Waals surface area contributed by atoms with Crippen LogP contribution < -0.4 is 4.57 Å². The van der Waals surface area contributed by atoms with Gasteiger partial charge in [0, 0.05) is 11.8 Å². The smallest absolute Gasteiger partial charge is 0.261 e. The third-order valence-electron chi connectivity index (χ3n) is 7.02. The predicted octanol–water partition coefficient (Wildman–Crippen LogP) is 7.47. The molecule has 2 aromatic heterocycles. The van der Waals surface area contributed by atoms with Gasteiger partial charge in [0.2, 0.25) is 0 Å². The Balaban J connectivity index is 1.72. The predicted molar refractivity (Wildman–Crippen MR) is 148 cm³/mol. The van der Waals surface area contributed by atoms with Gasteiger partial charge in [0.25, 0.3) is 5.82 Å². The lowest BCUT2D eigenvalue weighted by atomic mass is 9.97. The quantitative estimate of drug-likeness (QED) is 0.247. The van der Waals surface area contributed by atoms with Crippen molar-refractivity contribution in [3.05, 3.63) is 127 Å². The maximum Gasteiger partial charge on any atom is 0.297 e. The first-order chi connectivity index (χ1) is 17.6. The number of fused-ring (bicyclic) bond motifs is 1. The molecule has 0 saturated heterocycles. The molecule has 0 bridgehead atoms. The van der Waals surface area contributed by atoms with Gasteiger partial charge in [0.05, 0.1) is 18.3 Å². The number of para-hydroxylation sites is 2. The molecule has 0 aliphatic heterocycles. The van der Waals surface area contributed by atoms with Crippen LogP contribution >= 0.6 is 0 Å². The van der Waals surface area contributed by atoms with E-state index in [0.29, 0.717) is 0 Å². The summed E-state index contributed by atoms with van der Waals surface area (Å²) < 4.78 is 4.70. The minimum Gasteiger partial charge on any atom is -0.261 e. The standard InChI is InChI=1S/C33H28N3/c1-23-20-21-34-24(2)32(23)33-35(3)30-16-10-11-17-31(30)36(33)29-19-18-27(25-12-6-4-7-13-25)22-28(29)26-14-8-5-9-15-26/h4-22H,1-3H3/q+1. The van der Waals surface area contributed by atoms with Crippen LogP contribution in [0.15, 0.2) is 115 Å². The van der Waals surface area contributed by atoms with Gasteiger partial charge in [-0.2, -0.15) is 4.57 Å². The lowest BCUT2D eigenvalue weighted by Crippen LogP contribution is -2.30. The molecule has 3 nitrogen and oxygen atoms in total. The van der Waals surface area contributed by atoms with Crippen molar-refractivity contribution in [1.82, 2.24) is 9.55 Å². The number of hydrogen-bond donors (Lipinski definition) is 0. The molecule has 0 atom stereocenters. The molecule has 36 heavy (non-hydrogen) atoms. The molecule has 0 aliphatic rings. The molecule has 0 fully saturated rings. The second kappa shape index (κ2) is 8.94. The van der Waals surface area contributed by atoms with E-state index in [1.165, 1.54) is 44.4 Å². The number of aromatic nitrogens is 3. The van der Waals surface area contributed by atoms with E-state index in [9.17, 15) is 0 Å². The first kappa shape index (κ1) is 22.0. The molecule has 0 spiro atoms. The molecule has 3 heteroatoms. The van der Waals surface area contributed by atoms with Gasteiger partial charge in [0.15, 0.2) is 11.0 Å². The highest BCUT2D eigenvalue weighted by molar-refractivity contribution is 5.86. The topological polar surface area (TPSA) is 21.7 Å². The molecule has 0 N–H and O–H groups in total. The summed E-state index contributed by atoms with van der Waals surface area (Å²) in [6, 6.07) is 38.8. The first-order valence-corrected chi connectivity index (χ1v) is 12.3. The normalized spacial score (nSPS) is 11.2. The maximum atomic E-state index is 4.67. The van der Waals surface area contributed by atoms with E-state index in [4.69, 9.17) is 0 Å². The summed E-state index contributed by atoms with van der Waals surface area (Å²) in [4.78, 5) is 4.67. The highest BCUT2D eigenvalue weighted by atomic mass is 15.2. The van der Waals surface area contributed by atoms with E-state index in [1.54, 1.807) is 0 Å². The third kappa shape index (κ3) is 3.61. The SMILES string of the molecule is Cc1ccnc(C)c1-c1n(-c2ccc(-c3ccccc3)cc2-c2ccccc2)c2ccccc2[n+]1C. The number of hydrogen-bond acceptors (Lipinski definition) is 1. The summed E-state index contributed by atoms with van der Waals surface area (Å²) in [5.74, 6) is 1.13. The summed E-state index contributed by atoms with van der Waals surface area (Å²) in [5.41, 5.74) is 11.7. The van der Waals surface area contributed by atoms with Crippen LogP contribution in [0.3, 0.4) is 0 Å². The van der Waals surface area contributed by atoms with Gasteiger partial charge in [-0.25, -0.2) is 4.57 Å². The number of rotatable bonds is 4. The monoisotopic (exact) mass is 466 g/mol. The van der Waals surface area contributed by atoms with E-state index < -0.39 is 0 Å². The van der Waals surface area contributed by atoms with Gasteiger partial charge in [-0.3, -0.25) is 4.98 Å². The van der Waals surface area contributed by atoms with Crippen LogP contribution in [0, 0.1) is 13.8 Å². The molecule has 174 valence electrons. The molecule has 0 aliphatic carbocycles. The minimum atomic E-state index is 1.02. The highest BCUT2D eigenvalue weighted by Crippen LogP contribution is 2.37. The van der Waals surface area contributed by atoms with Crippen molar-refractivity contribution >= 4 is 11.0 Å². The zero-order valence-corrected chi connectivity index (χ0v) is 20.8. The van der Waals surface area contributed by atoms with E-state index in [0.717, 1.165) is 17.2 Å². The number of imidazole rings is 1. The Morgan fingerprint density at radius 3 is 2.06 bits per heavy atom. The van der Waals surface area contributed by atoms with Crippen molar-refractivity contribution < 1.29 is 4.57 Å². The molecular formula is C33H28N3+. The van der Waals surface area contributed by atoms with E-state index in [1.807, 2.05) is 6.20 Å². The Bertz CT molecular complexity index is 1680. The summed E-state index contributed by atoms with van der Waals surface area (Å²) >= 11 is 0. The number of nitrogens with zero attached hydrogens (tertiary/aromatic N) is 3. The third-order valence-corrected chi connectivity index (χ3v) is 7.02. The van der Waals surface area contributed by atoms with Gasteiger partial charge in [-0.1, -0.05) is 78.9 Å². The molecular weight excluding hydrogens is 438 g/mol. The second-order valence-electron chi connectivity index (χ2n) is 9.26. The fraction of sp³-hybridized carbons (Fsp3) is 0.0909. The molecule has 6 aromatic rings. The Labute approximate surface area is 212 Å². The molecule has 0 radical (unpaired) electrons. The Hall–Kier alpha value is -4.50. The molecule has 4 aromatic carbocycles. The fourth-order valence-electron chi connectivity index (χ4n) is 5.26. The highest BCUT2D eigenvalue weighted by Gasteiger charge is 2.30. The number of aryl methyl sites for hydroxylation is 3. The van der Waals surface area contributed by atoms with Gasteiger partial charge in [0.1, 0.15) is 5.69 Å². The van der Waals surface area contributed by atoms with E-state index in [2.05, 4.69) is 144 Å². The van der Waals surface area contributed by atoms with Crippen molar-refractivity contribution in [3.63, 3.8) is 0 Å². The van der Waals surface area contributed by atoms with E-state index in [-0.39, 0.29) is 0 Å².